The Morgan fingerprint density at radius 3 is 2.62 bits per heavy atom. The number of hydrogen-bond donors (Lipinski definition) is 0. The maximum absolute atomic E-state index is 12.5. The van der Waals surface area contributed by atoms with Crippen LogP contribution >= 0.6 is 0 Å². The van der Waals surface area contributed by atoms with Crippen LogP contribution in [0.3, 0.4) is 0 Å². The first-order valence-electron chi connectivity index (χ1n) is 8.21. The van der Waals surface area contributed by atoms with E-state index in [9.17, 15) is 4.79 Å². The zero-order chi connectivity index (χ0) is 16.1. The summed E-state index contributed by atoms with van der Waals surface area (Å²) in [5.41, 5.74) is 2.53. The summed E-state index contributed by atoms with van der Waals surface area (Å²) in [7, 11) is 0. The van der Waals surface area contributed by atoms with Crippen LogP contribution in [-0.2, 0) is 0 Å². The molecule has 2 aromatic heterocycles. The molecule has 3 nitrogen and oxygen atoms in total. The minimum atomic E-state index is -0.0105. The molecular formula is C21H15NO2. The molecule has 1 aliphatic rings. The summed E-state index contributed by atoms with van der Waals surface area (Å²) in [6.07, 6.45) is 4.25. The van der Waals surface area contributed by atoms with E-state index in [1.54, 1.807) is 6.07 Å². The highest BCUT2D eigenvalue weighted by atomic mass is 16.3. The second kappa shape index (κ2) is 5.03. The van der Waals surface area contributed by atoms with Gasteiger partial charge in [0.1, 0.15) is 11.3 Å². The maximum Gasteiger partial charge on any atom is 0.193 e. The van der Waals surface area contributed by atoms with Crippen LogP contribution in [-0.4, -0.2) is 4.98 Å². The van der Waals surface area contributed by atoms with Gasteiger partial charge in [-0.2, -0.15) is 0 Å². The molecule has 5 rings (SSSR count). The van der Waals surface area contributed by atoms with E-state index in [2.05, 4.69) is 11.1 Å². The molecule has 1 fully saturated rings. The molecule has 4 aromatic rings. The van der Waals surface area contributed by atoms with Gasteiger partial charge in [-0.3, -0.25) is 9.78 Å². The lowest BCUT2D eigenvalue weighted by molar-refractivity contribution is 0.616. The Hall–Kier alpha value is -2.94. The van der Waals surface area contributed by atoms with E-state index in [1.807, 2.05) is 48.7 Å². The summed E-state index contributed by atoms with van der Waals surface area (Å²) in [5, 5.41) is 2.80. The lowest BCUT2D eigenvalue weighted by Gasteiger charge is -2.05. The first-order chi connectivity index (χ1) is 11.8. The molecule has 1 saturated carbocycles. The molecule has 0 bridgehead atoms. The van der Waals surface area contributed by atoms with Crippen molar-refractivity contribution in [2.24, 2.45) is 0 Å². The van der Waals surface area contributed by atoms with E-state index in [4.69, 9.17) is 4.42 Å². The second-order valence-corrected chi connectivity index (χ2v) is 6.42. The molecular weight excluding hydrogens is 298 g/mol. The summed E-state index contributed by atoms with van der Waals surface area (Å²) < 4.78 is 5.97. The van der Waals surface area contributed by atoms with Crippen molar-refractivity contribution in [3.8, 4) is 11.5 Å². The summed E-state index contributed by atoms with van der Waals surface area (Å²) in [6.45, 7) is 0. The smallest absolute Gasteiger partial charge is 0.193 e. The van der Waals surface area contributed by atoms with Crippen LogP contribution in [0.5, 0.6) is 0 Å². The fourth-order valence-corrected chi connectivity index (χ4v) is 3.19. The van der Waals surface area contributed by atoms with E-state index in [0.717, 1.165) is 10.8 Å². The molecule has 0 amide bonds. The van der Waals surface area contributed by atoms with Gasteiger partial charge >= 0.3 is 0 Å². The van der Waals surface area contributed by atoms with Crippen molar-refractivity contribution < 1.29 is 4.42 Å². The average Bonchev–Trinajstić information content (AvgIpc) is 3.46. The Morgan fingerprint density at radius 2 is 1.79 bits per heavy atom. The fraction of sp³-hybridized carbons (Fsp3) is 0.143. The van der Waals surface area contributed by atoms with E-state index < -0.39 is 0 Å². The van der Waals surface area contributed by atoms with Crippen molar-refractivity contribution in [3.63, 3.8) is 0 Å². The standard InChI is InChI=1S/C21H15NO2/c23-19-11-21(18-10-14-3-1-2-4-16(14)12-22-18)24-20-8-7-15(9-17(19)20)13-5-6-13/h1-4,7-13H,5-6H2. The minimum absolute atomic E-state index is 0.0105. The molecule has 0 saturated heterocycles. The normalized spacial score (nSPS) is 14.3. The zero-order valence-corrected chi connectivity index (χ0v) is 13.0. The monoisotopic (exact) mass is 313 g/mol. The van der Waals surface area contributed by atoms with Crippen molar-refractivity contribution in [2.75, 3.05) is 0 Å². The van der Waals surface area contributed by atoms with Gasteiger partial charge in [0.15, 0.2) is 11.2 Å². The van der Waals surface area contributed by atoms with Crippen LogP contribution in [0.25, 0.3) is 33.2 Å². The van der Waals surface area contributed by atoms with E-state index in [0.29, 0.717) is 28.3 Å². The van der Waals surface area contributed by atoms with Crippen LogP contribution in [0.2, 0.25) is 0 Å². The third kappa shape index (κ3) is 2.21. The van der Waals surface area contributed by atoms with Gasteiger partial charge < -0.3 is 4.42 Å². The van der Waals surface area contributed by atoms with Gasteiger partial charge in [-0.05, 0) is 47.9 Å². The number of nitrogens with zero attached hydrogens (tertiary/aromatic N) is 1. The Balaban J connectivity index is 1.68. The molecule has 0 aliphatic heterocycles. The molecule has 24 heavy (non-hydrogen) atoms. The highest BCUT2D eigenvalue weighted by Crippen LogP contribution is 2.40. The molecule has 1 aliphatic carbocycles. The molecule has 2 heterocycles. The minimum Gasteiger partial charge on any atom is -0.454 e. The summed E-state index contributed by atoms with van der Waals surface area (Å²) in [6, 6.07) is 17.5. The lowest BCUT2D eigenvalue weighted by atomic mass is 10.1. The van der Waals surface area contributed by atoms with E-state index >= 15 is 0 Å². The Bertz CT molecular complexity index is 1140. The average molecular weight is 313 g/mol. The summed E-state index contributed by atoms with van der Waals surface area (Å²) >= 11 is 0. The number of benzene rings is 2. The van der Waals surface area contributed by atoms with Crippen LogP contribution in [0.4, 0.5) is 0 Å². The molecule has 0 unspecified atom stereocenters. The van der Waals surface area contributed by atoms with E-state index in [-0.39, 0.29) is 5.43 Å². The Morgan fingerprint density at radius 1 is 0.958 bits per heavy atom. The van der Waals surface area contributed by atoms with Crippen molar-refractivity contribution in [2.45, 2.75) is 18.8 Å². The zero-order valence-electron chi connectivity index (χ0n) is 13.0. The number of fused-ring (bicyclic) bond motifs is 2. The lowest BCUT2D eigenvalue weighted by Crippen LogP contribution is -2.01. The van der Waals surface area contributed by atoms with Gasteiger partial charge in [-0.15, -0.1) is 0 Å². The third-order valence-corrected chi connectivity index (χ3v) is 4.68. The SMILES string of the molecule is O=c1cc(-c2cc3ccccc3cn2)oc2ccc(C3CC3)cc12. The van der Waals surface area contributed by atoms with Crippen molar-refractivity contribution >= 4 is 21.7 Å². The van der Waals surface area contributed by atoms with Crippen LogP contribution in [0.1, 0.15) is 24.3 Å². The molecule has 3 heteroatoms. The second-order valence-electron chi connectivity index (χ2n) is 6.42. The number of rotatable bonds is 2. The molecule has 116 valence electrons. The van der Waals surface area contributed by atoms with Crippen molar-refractivity contribution in [1.82, 2.24) is 4.98 Å². The van der Waals surface area contributed by atoms with Gasteiger partial charge in [0.2, 0.25) is 0 Å². The molecule has 2 aromatic carbocycles. The maximum atomic E-state index is 12.5. The van der Waals surface area contributed by atoms with E-state index in [1.165, 1.54) is 18.4 Å². The van der Waals surface area contributed by atoms with Crippen LogP contribution in [0.15, 0.2) is 70.0 Å². The number of aromatic nitrogens is 1. The number of hydrogen-bond acceptors (Lipinski definition) is 3. The molecule has 0 radical (unpaired) electrons. The molecule has 0 spiro atoms. The predicted octanol–water partition coefficient (Wildman–Crippen LogP) is 4.89. The fourth-order valence-electron chi connectivity index (χ4n) is 3.19. The van der Waals surface area contributed by atoms with Gasteiger partial charge in [0.25, 0.3) is 0 Å². The van der Waals surface area contributed by atoms with Gasteiger partial charge in [-0.1, -0.05) is 30.3 Å². The largest absolute Gasteiger partial charge is 0.454 e. The van der Waals surface area contributed by atoms with Gasteiger partial charge in [-0.25, -0.2) is 0 Å². The predicted molar refractivity (Wildman–Crippen MR) is 95.2 cm³/mol. The molecule has 0 atom stereocenters. The van der Waals surface area contributed by atoms with Crippen LogP contribution in [0, 0.1) is 0 Å². The summed E-state index contributed by atoms with van der Waals surface area (Å²) in [5.74, 6) is 1.13. The van der Waals surface area contributed by atoms with Crippen molar-refractivity contribution in [1.29, 1.82) is 0 Å². The first-order valence-corrected chi connectivity index (χ1v) is 8.21. The first kappa shape index (κ1) is 13.5. The quantitative estimate of drug-likeness (QED) is 0.529. The Labute approximate surface area is 138 Å². The topological polar surface area (TPSA) is 43.1 Å². The van der Waals surface area contributed by atoms with Crippen molar-refractivity contribution in [3.05, 3.63) is 76.6 Å². The highest BCUT2D eigenvalue weighted by molar-refractivity contribution is 5.85. The highest BCUT2D eigenvalue weighted by Gasteiger charge is 2.24. The summed E-state index contributed by atoms with van der Waals surface area (Å²) in [4.78, 5) is 17.0. The van der Waals surface area contributed by atoms with Gasteiger partial charge in [0.05, 0.1) is 5.39 Å². The van der Waals surface area contributed by atoms with Crippen LogP contribution < -0.4 is 5.43 Å². The Kier molecular flexibility index (Phi) is 2.83. The molecule has 0 N–H and O–H groups in total. The third-order valence-electron chi connectivity index (χ3n) is 4.68. The van der Waals surface area contributed by atoms with Gasteiger partial charge in [0, 0.05) is 17.6 Å². The number of pyridine rings is 1.